The Kier molecular flexibility index (Phi) is 5.70. The molecule has 3 nitrogen and oxygen atoms in total. The van der Waals surface area contributed by atoms with E-state index in [2.05, 4.69) is 9.48 Å². The number of hydrogen-bond donors (Lipinski definition) is 1. The lowest BCUT2D eigenvalue weighted by Crippen LogP contribution is -3.00. The van der Waals surface area contributed by atoms with Gasteiger partial charge in [-0.05, 0) is 55.7 Å². The van der Waals surface area contributed by atoms with Crippen LogP contribution in [0.15, 0.2) is 48.5 Å². The molecule has 0 spiro atoms. The van der Waals surface area contributed by atoms with E-state index in [1.807, 2.05) is 24.3 Å². The Bertz CT molecular complexity index is 827. The monoisotopic (exact) mass is 438 g/mol. The molecule has 0 bridgehead atoms. The fourth-order valence-electron chi connectivity index (χ4n) is 3.92. The molecule has 2 aliphatic rings. The lowest BCUT2D eigenvalue weighted by molar-refractivity contribution is -0.658. The van der Waals surface area contributed by atoms with Gasteiger partial charge in [-0.2, -0.15) is 0 Å². The molecular formula is C20H21BrClFN2O. The molecule has 1 unspecified atom stereocenters. The number of hydrogen-bond acceptors (Lipinski definition) is 2. The molecule has 4 rings (SSSR count). The van der Waals surface area contributed by atoms with Crippen LogP contribution in [0.5, 0.6) is 0 Å². The van der Waals surface area contributed by atoms with Gasteiger partial charge in [0, 0.05) is 23.1 Å². The Morgan fingerprint density at radius 3 is 2.58 bits per heavy atom. The second kappa shape index (κ2) is 7.67. The second-order valence-corrected chi connectivity index (χ2v) is 7.20. The molecule has 0 aliphatic carbocycles. The van der Waals surface area contributed by atoms with Crippen LogP contribution in [0.2, 0.25) is 5.02 Å². The number of amidine groups is 1. The largest absolute Gasteiger partial charge is 1.00 e. The van der Waals surface area contributed by atoms with Crippen LogP contribution in [0.25, 0.3) is 0 Å². The Hall–Kier alpha value is -1.43. The minimum absolute atomic E-state index is 0. The fourth-order valence-corrected chi connectivity index (χ4v) is 4.10. The standard InChI is InChI=1S/C20H21ClFN2O.BrH/c21-16-5-4-6-18(13-16)23-14-20(25,15-8-10-17(22)11-9-15)24-12-3-1-2-7-19(23)24;/h4-6,8-11,13,25H,1-3,7,12,14H2;1H/q+1;/p-1. The van der Waals surface area contributed by atoms with Crippen molar-refractivity contribution < 1.29 is 31.1 Å². The van der Waals surface area contributed by atoms with Crippen LogP contribution < -0.4 is 21.9 Å². The molecule has 0 fully saturated rings. The van der Waals surface area contributed by atoms with E-state index in [9.17, 15) is 9.50 Å². The summed E-state index contributed by atoms with van der Waals surface area (Å²) in [6, 6.07) is 13.9. The van der Waals surface area contributed by atoms with Gasteiger partial charge in [0.1, 0.15) is 11.5 Å². The van der Waals surface area contributed by atoms with Crippen LogP contribution in [0, 0.1) is 5.82 Å². The normalized spacial score (nSPS) is 22.7. The summed E-state index contributed by atoms with van der Waals surface area (Å²) in [6.45, 7) is 1.20. The maximum absolute atomic E-state index is 13.4. The van der Waals surface area contributed by atoms with Gasteiger partial charge in [0.2, 0.25) is 0 Å². The Balaban J connectivity index is 0.00000196. The fraction of sp³-hybridized carbons (Fsp3) is 0.350. The molecule has 0 amide bonds. The van der Waals surface area contributed by atoms with Crippen molar-refractivity contribution in [2.24, 2.45) is 0 Å². The molecule has 2 aliphatic heterocycles. The maximum atomic E-state index is 13.4. The number of anilines is 1. The van der Waals surface area contributed by atoms with E-state index >= 15 is 0 Å². The highest BCUT2D eigenvalue weighted by atomic mass is 79.9. The predicted octanol–water partition coefficient (Wildman–Crippen LogP) is 1.13. The van der Waals surface area contributed by atoms with Gasteiger partial charge in [-0.25, -0.2) is 13.9 Å². The van der Waals surface area contributed by atoms with E-state index in [1.54, 1.807) is 12.1 Å². The van der Waals surface area contributed by atoms with Gasteiger partial charge in [0.25, 0.3) is 11.6 Å². The van der Waals surface area contributed by atoms with Crippen LogP contribution in [0.1, 0.15) is 31.2 Å². The van der Waals surface area contributed by atoms with Gasteiger partial charge < -0.3 is 22.1 Å². The average molecular weight is 440 g/mol. The number of rotatable bonds is 2. The lowest BCUT2D eigenvalue weighted by atomic mass is 10.0. The molecule has 0 saturated carbocycles. The molecule has 138 valence electrons. The van der Waals surface area contributed by atoms with E-state index in [0.717, 1.165) is 49.3 Å². The quantitative estimate of drug-likeness (QED) is 0.710. The number of benzene rings is 2. The zero-order valence-corrected chi connectivity index (χ0v) is 16.7. The van der Waals surface area contributed by atoms with Gasteiger partial charge in [-0.15, -0.1) is 0 Å². The predicted molar refractivity (Wildman–Crippen MR) is 97.7 cm³/mol. The van der Waals surface area contributed by atoms with Crippen molar-refractivity contribution in [1.29, 1.82) is 0 Å². The van der Waals surface area contributed by atoms with Crippen LogP contribution in [0.4, 0.5) is 10.1 Å². The second-order valence-electron chi connectivity index (χ2n) is 6.77. The third-order valence-electron chi connectivity index (χ3n) is 5.16. The van der Waals surface area contributed by atoms with Crippen molar-refractivity contribution in [2.45, 2.75) is 31.4 Å². The van der Waals surface area contributed by atoms with Crippen molar-refractivity contribution in [1.82, 2.24) is 0 Å². The van der Waals surface area contributed by atoms with Gasteiger partial charge in [-0.3, -0.25) is 0 Å². The summed E-state index contributed by atoms with van der Waals surface area (Å²) in [5.74, 6) is 0.823. The molecule has 1 N–H and O–H groups in total. The topological polar surface area (TPSA) is 26.5 Å². The maximum Gasteiger partial charge on any atom is 0.271 e. The summed E-state index contributed by atoms with van der Waals surface area (Å²) in [5.41, 5.74) is 0.542. The first kappa shape index (κ1) is 19.3. The zero-order valence-electron chi connectivity index (χ0n) is 14.3. The van der Waals surface area contributed by atoms with Crippen molar-refractivity contribution in [3.63, 3.8) is 0 Å². The molecule has 0 aromatic heterocycles. The summed E-state index contributed by atoms with van der Waals surface area (Å²) in [5, 5.41) is 12.3. The summed E-state index contributed by atoms with van der Waals surface area (Å²) in [4.78, 5) is 2.15. The molecule has 2 aromatic rings. The minimum atomic E-state index is -1.16. The summed E-state index contributed by atoms with van der Waals surface area (Å²) >= 11 is 6.18. The summed E-state index contributed by atoms with van der Waals surface area (Å²) in [6.07, 6.45) is 4.19. The van der Waals surface area contributed by atoms with Crippen molar-refractivity contribution >= 4 is 23.1 Å². The number of β-amino-alcohol motifs (C(OH)–C–C–N with tert-alkyl or cyclic N) is 1. The first-order valence-electron chi connectivity index (χ1n) is 8.73. The zero-order chi connectivity index (χ0) is 17.4. The van der Waals surface area contributed by atoms with Crippen LogP contribution >= 0.6 is 11.6 Å². The Labute approximate surface area is 168 Å². The third-order valence-corrected chi connectivity index (χ3v) is 5.39. The van der Waals surface area contributed by atoms with Gasteiger partial charge >= 0.3 is 0 Å². The average Bonchev–Trinajstić information content (AvgIpc) is 2.76. The van der Waals surface area contributed by atoms with E-state index in [0.29, 0.717) is 11.6 Å². The van der Waals surface area contributed by atoms with Crippen molar-refractivity contribution in [2.75, 3.05) is 18.0 Å². The van der Waals surface area contributed by atoms with E-state index < -0.39 is 5.72 Å². The molecule has 2 aromatic carbocycles. The van der Waals surface area contributed by atoms with Gasteiger partial charge in [-0.1, -0.05) is 17.7 Å². The first-order chi connectivity index (χ1) is 12.1. The van der Waals surface area contributed by atoms with Crippen LogP contribution in [0.3, 0.4) is 0 Å². The third kappa shape index (κ3) is 3.40. The molecule has 2 heterocycles. The highest BCUT2D eigenvalue weighted by Crippen LogP contribution is 2.35. The van der Waals surface area contributed by atoms with Crippen molar-refractivity contribution in [3.05, 3.63) is 64.9 Å². The van der Waals surface area contributed by atoms with Gasteiger partial charge in [0.15, 0.2) is 6.54 Å². The molecular weight excluding hydrogens is 419 g/mol. The SMILES string of the molecule is OC1(c2ccc(F)cc2)CN(c2cccc(Cl)c2)C2=[N+]1CCCCC2.[Br-]. The van der Waals surface area contributed by atoms with Gasteiger partial charge in [0.05, 0.1) is 6.54 Å². The van der Waals surface area contributed by atoms with E-state index in [1.165, 1.54) is 12.1 Å². The molecule has 0 saturated heterocycles. The molecule has 1 atom stereocenters. The summed E-state index contributed by atoms with van der Waals surface area (Å²) < 4.78 is 15.4. The van der Waals surface area contributed by atoms with Crippen LogP contribution in [-0.2, 0) is 5.72 Å². The number of aliphatic hydroxyl groups is 1. The summed E-state index contributed by atoms with van der Waals surface area (Å²) in [7, 11) is 0. The minimum Gasteiger partial charge on any atom is -1.00 e. The van der Waals surface area contributed by atoms with Crippen LogP contribution in [-0.4, -0.2) is 28.6 Å². The van der Waals surface area contributed by atoms with E-state index in [-0.39, 0.29) is 22.8 Å². The molecule has 0 radical (unpaired) electrons. The molecule has 6 heteroatoms. The number of nitrogens with zero attached hydrogens (tertiary/aromatic N) is 2. The lowest BCUT2D eigenvalue weighted by Gasteiger charge is -2.23. The van der Waals surface area contributed by atoms with E-state index in [4.69, 9.17) is 11.6 Å². The number of halogens is 3. The molecule has 26 heavy (non-hydrogen) atoms. The Morgan fingerprint density at radius 2 is 1.85 bits per heavy atom. The highest BCUT2D eigenvalue weighted by Gasteiger charge is 2.51. The van der Waals surface area contributed by atoms with Crippen molar-refractivity contribution in [3.8, 4) is 0 Å². The Morgan fingerprint density at radius 1 is 1.08 bits per heavy atom. The first-order valence-corrected chi connectivity index (χ1v) is 9.11. The highest BCUT2D eigenvalue weighted by molar-refractivity contribution is 6.30. The smallest absolute Gasteiger partial charge is 0.271 e.